The van der Waals surface area contributed by atoms with Crippen LogP contribution in [0.15, 0.2) is 9.68 Å². The fourth-order valence-corrected chi connectivity index (χ4v) is 3.03. The van der Waals surface area contributed by atoms with E-state index in [0.717, 1.165) is 25.9 Å². The van der Waals surface area contributed by atoms with Crippen LogP contribution in [0.25, 0.3) is 0 Å². The molecule has 2 N–H and O–H groups in total. The highest BCUT2D eigenvalue weighted by atomic mass is 16.7. The highest BCUT2D eigenvalue weighted by Gasteiger charge is 2.47. The maximum absolute atomic E-state index is 5.62. The van der Waals surface area contributed by atoms with Crippen molar-refractivity contribution in [3.05, 3.63) is 11.7 Å². The van der Waals surface area contributed by atoms with E-state index in [0.29, 0.717) is 23.5 Å². The predicted octanol–water partition coefficient (Wildman–Crippen LogP) is 0.822. The van der Waals surface area contributed by atoms with Crippen molar-refractivity contribution >= 4 is 5.84 Å². The summed E-state index contributed by atoms with van der Waals surface area (Å²) in [6.45, 7) is 5.59. The number of hydrogen-bond donors (Lipinski definition) is 1. The molecule has 7 heteroatoms. The number of nitrogens with two attached hydrogens (primary N) is 1. The Kier molecular flexibility index (Phi) is 3.14. The van der Waals surface area contributed by atoms with E-state index < -0.39 is 0 Å². The van der Waals surface area contributed by atoms with Crippen molar-refractivity contribution in [1.82, 2.24) is 15.0 Å². The van der Waals surface area contributed by atoms with Gasteiger partial charge in [0, 0.05) is 13.1 Å². The summed E-state index contributed by atoms with van der Waals surface area (Å²) in [4.78, 5) is 12.3. The predicted molar refractivity (Wildman–Crippen MR) is 68.2 cm³/mol. The summed E-state index contributed by atoms with van der Waals surface area (Å²) in [5.41, 5.74) is 5.55. The molecule has 2 bridgehead atoms. The monoisotopic (exact) mass is 265 g/mol. The quantitative estimate of drug-likeness (QED) is 0.494. The van der Waals surface area contributed by atoms with E-state index in [4.69, 9.17) is 15.1 Å². The summed E-state index contributed by atoms with van der Waals surface area (Å²) in [6, 6.07) is 0. The third-order valence-electron chi connectivity index (χ3n) is 3.88. The first kappa shape index (κ1) is 12.4. The van der Waals surface area contributed by atoms with Crippen molar-refractivity contribution in [3.63, 3.8) is 0 Å². The Morgan fingerprint density at radius 1 is 1.47 bits per heavy atom. The van der Waals surface area contributed by atoms with Crippen molar-refractivity contribution in [2.24, 2.45) is 16.8 Å². The van der Waals surface area contributed by atoms with Crippen LogP contribution in [0.5, 0.6) is 0 Å². The number of rotatable bonds is 3. The highest BCUT2D eigenvalue weighted by molar-refractivity contribution is 5.76. The zero-order valence-corrected chi connectivity index (χ0v) is 11.2. The average molecular weight is 265 g/mol. The van der Waals surface area contributed by atoms with E-state index >= 15 is 0 Å². The number of nitrogens with zero attached hydrogens (tertiary/aromatic N) is 4. The minimum absolute atomic E-state index is 0.0896. The second-order valence-electron chi connectivity index (χ2n) is 5.31. The molecule has 2 unspecified atom stereocenters. The minimum Gasteiger partial charge on any atom is -0.385 e. The summed E-state index contributed by atoms with van der Waals surface area (Å²) in [7, 11) is 0. The van der Waals surface area contributed by atoms with Gasteiger partial charge in [-0.3, -0.25) is 4.90 Å². The molecule has 104 valence electrons. The fourth-order valence-electron chi connectivity index (χ4n) is 3.03. The van der Waals surface area contributed by atoms with Gasteiger partial charge in [-0.1, -0.05) is 10.3 Å². The van der Waals surface area contributed by atoms with Crippen LogP contribution in [0.4, 0.5) is 0 Å². The van der Waals surface area contributed by atoms with Gasteiger partial charge in [0.2, 0.25) is 5.89 Å². The van der Waals surface area contributed by atoms with Crippen LogP contribution < -0.4 is 5.73 Å². The van der Waals surface area contributed by atoms with Crippen molar-refractivity contribution in [3.8, 4) is 0 Å². The minimum atomic E-state index is -0.147. The van der Waals surface area contributed by atoms with Gasteiger partial charge in [0.05, 0.1) is 5.92 Å². The van der Waals surface area contributed by atoms with Crippen LogP contribution in [0.3, 0.4) is 0 Å². The molecule has 3 aliphatic rings. The topological polar surface area (TPSA) is 89.8 Å². The molecule has 3 fully saturated rings. The molecule has 0 aliphatic carbocycles. The van der Waals surface area contributed by atoms with E-state index in [1.165, 1.54) is 0 Å². The summed E-state index contributed by atoms with van der Waals surface area (Å²) in [5, 5.41) is 7.80. The second kappa shape index (κ2) is 4.80. The van der Waals surface area contributed by atoms with E-state index in [-0.39, 0.29) is 12.1 Å². The molecule has 1 aromatic heterocycles. The average Bonchev–Trinajstić information content (AvgIpc) is 2.83. The smallest absolute Gasteiger partial charge is 0.235 e. The molecule has 2 atom stereocenters. The van der Waals surface area contributed by atoms with Crippen LogP contribution in [0.2, 0.25) is 0 Å². The number of amidine groups is 1. The molecule has 0 aromatic carbocycles. The number of piperidine rings is 3. The maximum Gasteiger partial charge on any atom is 0.235 e. The Morgan fingerprint density at radius 3 is 2.79 bits per heavy atom. The van der Waals surface area contributed by atoms with Gasteiger partial charge < -0.3 is 15.1 Å². The van der Waals surface area contributed by atoms with Crippen LogP contribution >= 0.6 is 0 Å². The third kappa shape index (κ3) is 2.30. The van der Waals surface area contributed by atoms with E-state index in [1.54, 1.807) is 6.92 Å². The van der Waals surface area contributed by atoms with Gasteiger partial charge in [0.25, 0.3) is 0 Å². The Labute approximate surface area is 111 Å². The van der Waals surface area contributed by atoms with E-state index in [2.05, 4.69) is 20.2 Å². The third-order valence-corrected chi connectivity index (χ3v) is 3.88. The molecule has 0 spiro atoms. The number of fused-ring (bicyclic) bond motifs is 3. The first-order valence-electron chi connectivity index (χ1n) is 6.65. The van der Waals surface area contributed by atoms with Gasteiger partial charge in [0.15, 0.2) is 12.1 Å². The van der Waals surface area contributed by atoms with Crippen LogP contribution in [-0.4, -0.2) is 40.2 Å². The SMILES string of the molecule is CC(N)=NOC1C(c2nc(C)no2)C2CCN1CC2. The lowest BCUT2D eigenvalue weighted by atomic mass is 9.77. The fraction of sp³-hybridized carbons (Fsp3) is 0.750. The molecule has 4 heterocycles. The number of oxime groups is 1. The Hall–Kier alpha value is -1.63. The standard InChI is InChI=1S/C12H19N5O2/c1-7(13)15-19-12-10(11-14-8(2)16-18-11)9-3-5-17(12)6-4-9/h9-10,12H,3-6H2,1-2H3,(H2,13,15). The number of aryl methyl sites for hydroxylation is 1. The number of hydrogen-bond acceptors (Lipinski definition) is 6. The van der Waals surface area contributed by atoms with Crippen LogP contribution in [-0.2, 0) is 4.84 Å². The molecule has 3 aliphatic heterocycles. The van der Waals surface area contributed by atoms with Crippen LogP contribution in [0, 0.1) is 12.8 Å². The summed E-state index contributed by atoms with van der Waals surface area (Å²) in [6.07, 6.45) is 2.13. The van der Waals surface area contributed by atoms with Gasteiger partial charge in [-0.05, 0) is 32.6 Å². The lowest BCUT2D eigenvalue weighted by Crippen LogP contribution is -2.54. The van der Waals surface area contributed by atoms with Gasteiger partial charge in [0.1, 0.15) is 5.84 Å². The number of aromatic nitrogens is 2. The molecule has 19 heavy (non-hydrogen) atoms. The molecule has 4 rings (SSSR count). The van der Waals surface area contributed by atoms with Crippen molar-refractivity contribution in [1.29, 1.82) is 0 Å². The Balaban J connectivity index is 1.87. The van der Waals surface area contributed by atoms with E-state index in [9.17, 15) is 0 Å². The van der Waals surface area contributed by atoms with Gasteiger partial charge in [-0.15, -0.1) is 0 Å². The molecule has 1 aromatic rings. The molecule has 7 nitrogen and oxygen atoms in total. The molecule has 0 radical (unpaired) electrons. The van der Waals surface area contributed by atoms with Gasteiger partial charge in [-0.25, -0.2) is 0 Å². The molecule has 3 saturated heterocycles. The second-order valence-corrected chi connectivity index (χ2v) is 5.31. The normalized spacial score (nSPS) is 34.5. The van der Waals surface area contributed by atoms with Gasteiger partial charge in [-0.2, -0.15) is 4.98 Å². The van der Waals surface area contributed by atoms with Gasteiger partial charge >= 0.3 is 0 Å². The first-order chi connectivity index (χ1) is 9.15. The molecular formula is C12H19N5O2. The summed E-state index contributed by atoms with van der Waals surface area (Å²) in [5.74, 6) is 2.34. The van der Waals surface area contributed by atoms with Crippen molar-refractivity contribution in [2.75, 3.05) is 13.1 Å². The Bertz CT molecular complexity index is 474. The molecular weight excluding hydrogens is 246 g/mol. The van der Waals surface area contributed by atoms with E-state index in [1.807, 2.05) is 6.92 Å². The molecule has 0 saturated carbocycles. The maximum atomic E-state index is 5.62. The lowest BCUT2D eigenvalue weighted by Gasteiger charge is -2.47. The van der Waals surface area contributed by atoms with Crippen molar-refractivity contribution < 1.29 is 9.36 Å². The summed E-state index contributed by atoms with van der Waals surface area (Å²) >= 11 is 0. The largest absolute Gasteiger partial charge is 0.385 e. The van der Waals surface area contributed by atoms with Crippen LogP contribution in [0.1, 0.15) is 37.4 Å². The summed E-state index contributed by atoms with van der Waals surface area (Å²) < 4.78 is 5.35. The first-order valence-corrected chi connectivity index (χ1v) is 6.65. The lowest BCUT2D eigenvalue weighted by molar-refractivity contribution is -0.141. The zero-order valence-electron chi connectivity index (χ0n) is 11.2. The van der Waals surface area contributed by atoms with Crippen molar-refractivity contribution in [2.45, 2.75) is 38.8 Å². The Morgan fingerprint density at radius 2 is 2.21 bits per heavy atom. The highest BCUT2D eigenvalue weighted by Crippen LogP contribution is 2.43. The molecule has 0 amide bonds. The zero-order chi connectivity index (χ0) is 13.4.